The number of esters is 1. The molecule has 6 unspecified atom stereocenters. The lowest BCUT2D eigenvalue weighted by atomic mass is 9.69. The molecule has 3 saturated carbocycles. The van der Waals surface area contributed by atoms with Gasteiger partial charge in [0.2, 0.25) is 0 Å². The molecule has 3 aliphatic carbocycles. The van der Waals surface area contributed by atoms with E-state index in [1.807, 2.05) is 0 Å². The molecule has 0 amide bonds. The van der Waals surface area contributed by atoms with Gasteiger partial charge in [0.25, 0.3) is 0 Å². The van der Waals surface area contributed by atoms with Crippen molar-refractivity contribution < 1.29 is 19.4 Å². The highest BCUT2D eigenvalue weighted by molar-refractivity contribution is 5.83. The molecular weight excluding hydrogens is 232 g/mol. The number of aliphatic carboxylic acids is 1. The van der Waals surface area contributed by atoms with Crippen molar-refractivity contribution in [2.45, 2.75) is 32.6 Å². The molecule has 2 bridgehead atoms. The predicted octanol–water partition coefficient (Wildman–Crippen LogP) is 1.93. The summed E-state index contributed by atoms with van der Waals surface area (Å²) >= 11 is 0. The lowest BCUT2D eigenvalue weighted by molar-refractivity contribution is -0.162. The molecule has 0 heterocycles. The van der Waals surface area contributed by atoms with Gasteiger partial charge < -0.3 is 9.84 Å². The van der Waals surface area contributed by atoms with Crippen LogP contribution >= 0.6 is 0 Å². The highest BCUT2D eigenvalue weighted by atomic mass is 16.5. The minimum Gasteiger partial charge on any atom is -0.481 e. The molecule has 6 atom stereocenters. The largest absolute Gasteiger partial charge is 0.481 e. The Hall–Kier alpha value is -1.06. The van der Waals surface area contributed by atoms with Gasteiger partial charge in [-0.1, -0.05) is 6.42 Å². The molecule has 0 aromatic heterocycles. The first-order chi connectivity index (χ1) is 8.65. The molecule has 1 N–H and O–H groups in total. The molecule has 0 aliphatic heterocycles. The van der Waals surface area contributed by atoms with Crippen LogP contribution in [0.3, 0.4) is 0 Å². The van der Waals surface area contributed by atoms with Crippen LogP contribution in [0, 0.1) is 35.5 Å². The van der Waals surface area contributed by atoms with Crippen molar-refractivity contribution in [1.82, 2.24) is 0 Å². The highest BCUT2D eigenvalue weighted by Crippen LogP contribution is 2.63. The molecule has 0 aromatic rings. The fourth-order valence-electron chi connectivity index (χ4n) is 5.00. The van der Waals surface area contributed by atoms with Crippen molar-refractivity contribution >= 4 is 11.9 Å². The van der Waals surface area contributed by atoms with Crippen molar-refractivity contribution in [3.63, 3.8) is 0 Å². The van der Waals surface area contributed by atoms with E-state index in [2.05, 4.69) is 0 Å². The van der Waals surface area contributed by atoms with E-state index in [0.717, 1.165) is 12.8 Å². The molecule has 0 saturated heterocycles. The first-order valence-corrected chi connectivity index (χ1v) is 7.04. The fraction of sp³-hybridized carbons (Fsp3) is 0.857. The minimum atomic E-state index is -0.800. The average Bonchev–Trinajstić information content (AvgIpc) is 2.99. The quantitative estimate of drug-likeness (QED) is 0.779. The molecular formula is C14H20O4. The molecule has 18 heavy (non-hydrogen) atoms. The lowest BCUT2D eigenvalue weighted by Gasteiger charge is -2.34. The maximum atomic E-state index is 12.1. The Bertz CT molecular complexity index is 378. The summed E-state index contributed by atoms with van der Waals surface area (Å²) in [5.41, 5.74) is 0. The zero-order valence-electron chi connectivity index (χ0n) is 10.7. The summed E-state index contributed by atoms with van der Waals surface area (Å²) in [6.07, 6.45) is 4.46. The van der Waals surface area contributed by atoms with Gasteiger partial charge in [0.1, 0.15) is 0 Å². The second kappa shape index (κ2) is 4.25. The Morgan fingerprint density at radius 3 is 2.28 bits per heavy atom. The van der Waals surface area contributed by atoms with Gasteiger partial charge in [-0.15, -0.1) is 0 Å². The van der Waals surface area contributed by atoms with Crippen molar-refractivity contribution in [1.29, 1.82) is 0 Å². The highest BCUT2D eigenvalue weighted by Gasteiger charge is 2.63. The van der Waals surface area contributed by atoms with Crippen molar-refractivity contribution in [3.8, 4) is 0 Å². The molecule has 4 nitrogen and oxygen atoms in total. The number of fused-ring (bicyclic) bond motifs is 5. The molecule has 0 aromatic carbocycles. The number of carboxylic acids is 1. The summed E-state index contributed by atoms with van der Waals surface area (Å²) in [6.45, 7) is 2.12. The monoisotopic (exact) mass is 252 g/mol. The van der Waals surface area contributed by atoms with Gasteiger partial charge >= 0.3 is 11.9 Å². The fourth-order valence-corrected chi connectivity index (χ4v) is 5.00. The number of ether oxygens (including phenoxy) is 1. The first kappa shape index (κ1) is 12.0. The van der Waals surface area contributed by atoms with Gasteiger partial charge in [-0.25, -0.2) is 0 Å². The van der Waals surface area contributed by atoms with Crippen LogP contribution in [-0.2, 0) is 14.3 Å². The van der Waals surface area contributed by atoms with Crippen LogP contribution in [0.1, 0.15) is 32.6 Å². The second-order valence-corrected chi connectivity index (χ2v) is 5.96. The van der Waals surface area contributed by atoms with Crippen LogP contribution in [0.4, 0.5) is 0 Å². The standard InChI is InChI=1S/C14H20O4/c1-2-18-14(17)12-10-6-9(11(12)13(15)16)7-4-3-5-8(7)10/h7-12H,2-6H2,1H3,(H,15,16). The van der Waals surface area contributed by atoms with Crippen LogP contribution in [-0.4, -0.2) is 23.7 Å². The van der Waals surface area contributed by atoms with E-state index >= 15 is 0 Å². The lowest BCUT2D eigenvalue weighted by Crippen LogP contribution is -2.41. The van der Waals surface area contributed by atoms with Gasteiger partial charge in [-0.05, 0) is 49.9 Å². The molecule has 0 radical (unpaired) electrons. The number of rotatable bonds is 3. The minimum absolute atomic E-state index is 0.217. The topological polar surface area (TPSA) is 63.6 Å². The van der Waals surface area contributed by atoms with Gasteiger partial charge in [0, 0.05) is 0 Å². The van der Waals surface area contributed by atoms with Gasteiger partial charge in [-0.2, -0.15) is 0 Å². The third-order valence-electron chi connectivity index (χ3n) is 5.42. The summed E-state index contributed by atoms with van der Waals surface area (Å²) < 4.78 is 5.11. The van der Waals surface area contributed by atoms with E-state index < -0.39 is 11.9 Å². The van der Waals surface area contributed by atoms with Gasteiger partial charge in [0.15, 0.2) is 0 Å². The van der Waals surface area contributed by atoms with Crippen LogP contribution < -0.4 is 0 Å². The van der Waals surface area contributed by atoms with Gasteiger partial charge in [-0.3, -0.25) is 9.59 Å². The maximum absolute atomic E-state index is 12.1. The number of hydrogen-bond donors (Lipinski definition) is 1. The summed E-state index contributed by atoms with van der Waals surface area (Å²) in [5.74, 6) is -0.326. The Morgan fingerprint density at radius 1 is 1.11 bits per heavy atom. The van der Waals surface area contributed by atoms with E-state index in [-0.39, 0.29) is 23.7 Å². The number of carbonyl (C=O) groups excluding carboxylic acids is 1. The smallest absolute Gasteiger partial charge is 0.310 e. The van der Waals surface area contributed by atoms with Gasteiger partial charge in [0.05, 0.1) is 18.4 Å². The molecule has 0 spiro atoms. The molecule has 4 heteroatoms. The molecule has 3 fully saturated rings. The SMILES string of the molecule is CCOC(=O)C1C2CC(C3CCCC32)C1C(=O)O. The van der Waals surface area contributed by atoms with E-state index in [4.69, 9.17) is 4.74 Å². The van der Waals surface area contributed by atoms with E-state index in [1.54, 1.807) is 6.92 Å². The normalized spacial score (nSPS) is 44.9. The Kier molecular flexibility index (Phi) is 2.83. The van der Waals surface area contributed by atoms with E-state index in [1.165, 1.54) is 12.8 Å². The molecule has 3 aliphatic rings. The van der Waals surface area contributed by atoms with E-state index in [9.17, 15) is 14.7 Å². The number of carboxylic acid groups (broad SMARTS) is 1. The summed E-state index contributed by atoms with van der Waals surface area (Å²) in [4.78, 5) is 23.5. The Morgan fingerprint density at radius 2 is 1.72 bits per heavy atom. The molecule has 3 rings (SSSR count). The zero-order valence-corrected chi connectivity index (χ0v) is 10.7. The third-order valence-corrected chi connectivity index (χ3v) is 5.42. The van der Waals surface area contributed by atoms with Crippen molar-refractivity contribution in [3.05, 3.63) is 0 Å². The summed E-state index contributed by atoms with van der Waals surface area (Å²) in [5, 5.41) is 9.44. The summed E-state index contributed by atoms with van der Waals surface area (Å²) in [7, 11) is 0. The maximum Gasteiger partial charge on any atom is 0.310 e. The van der Waals surface area contributed by atoms with Crippen LogP contribution in [0.15, 0.2) is 0 Å². The van der Waals surface area contributed by atoms with Crippen LogP contribution in [0.5, 0.6) is 0 Å². The molecule has 100 valence electrons. The average molecular weight is 252 g/mol. The van der Waals surface area contributed by atoms with Crippen molar-refractivity contribution in [2.24, 2.45) is 35.5 Å². The first-order valence-electron chi connectivity index (χ1n) is 7.04. The van der Waals surface area contributed by atoms with Crippen LogP contribution in [0.2, 0.25) is 0 Å². The van der Waals surface area contributed by atoms with E-state index in [0.29, 0.717) is 18.4 Å². The zero-order chi connectivity index (χ0) is 12.9. The second-order valence-electron chi connectivity index (χ2n) is 5.96. The summed E-state index contributed by atoms with van der Waals surface area (Å²) in [6, 6.07) is 0. The van der Waals surface area contributed by atoms with Crippen LogP contribution in [0.25, 0.3) is 0 Å². The van der Waals surface area contributed by atoms with Crippen molar-refractivity contribution in [2.75, 3.05) is 6.61 Å². The Balaban J connectivity index is 1.88. The number of carbonyl (C=O) groups is 2. The Labute approximate surface area is 107 Å². The predicted molar refractivity (Wildman–Crippen MR) is 63.7 cm³/mol. The third kappa shape index (κ3) is 1.50. The number of hydrogen-bond acceptors (Lipinski definition) is 3.